The summed E-state index contributed by atoms with van der Waals surface area (Å²) in [5, 5.41) is 0.753. The predicted molar refractivity (Wildman–Crippen MR) is 106 cm³/mol. The lowest BCUT2D eigenvalue weighted by Crippen LogP contribution is -2.27. The summed E-state index contributed by atoms with van der Waals surface area (Å²) in [4.78, 5) is 42.8. The summed E-state index contributed by atoms with van der Waals surface area (Å²) in [6, 6.07) is 8.89. The highest BCUT2D eigenvalue weighted by molar-refractivity contribution is 7.19. The molecule has 0 spiro atoms. The zero-order chi connectivity index (χ0) is 19.6. The Morgan fingerprint density at radius 1 is 1.21 bits per heavy atom. The maximum atomic E-state index is 12.6. The summed E-state index contributed by atoms with van der Waals surface area (Å²) in [6.07, 6.45) is 1.83. The molecule has 0 saturated heterocycles. The summed E-state index contributed by atoms with van der Waals surface area (Å²) in [6.45, 7) is 4.07. The number of carbonyl (C=O) groups is 2. The maximum Gasteiger partial charge on any atom is 0.345 e. The van der Waals surface area contributed by atoms with Crippen LogP contribution in [-0.4, -0.2) is 21.5 Å². The monoisotopic (exact) mass is 392 g/mol. The zero-order valence-electron chi connectivity index (χ0n) is 15.3. The molecule has 3 aromatic heterocycles. The van der Waals surface area contributed by atoms with Gasteiger partial charge in [-0.25, -0.2) is 9.78 Å². The molecule has 140 valence electrons. The van der Waals surface area contributed by atoms with Crippen molar-refractivity contribution in [3.8, 4) is 11.3 Å². The molecule has 0 saturated carbocycles. The summed E-state index contributed by atoms with van der Waals surface area (Å²) in [5.41, 5.74) is 1.36. The molecule has 6 nitrogen and oxygen atoms in total. The Morgan fingerprint density at radius 3 is 2.79 bits per heavy atom. The Bertz CT molecular complexity index is 1360. The van der Waals surface area contributed by atoms with E-state index in [0.717, 1.165) is 11.1 Å². The van der Waals surface area contributed by atoms with Crippen molar-refractivity contribution < 1.29 is 14.0 Å². The van der Waals surface area contributed by atoms with E-state index in [2.05, 4.69) is 4.98 Å². The van der Waals surface area contributed by atoms with Gasteiger partial charge in [0.15, 0.2) is 17.0 Å². The Hall–Kier alpha value is -3.06. The van der Waals surface area contributed by atoms with Crippen LogP contribution in [0.2, 0.25) is 0 Å². The lowest BCUT2D eigenvalue weighted by Gasteiger charge is -2.28. The normalized spacial score (nSPS) is 15.9. The Morgan fingerprint density at radius 2 is 2.00 bits per heavy atom. The minimum absolute atomic E-state index is 0.0744. The molecule has 0 unspecified atom stereocenters. The smallest absolute Gasteiger partial charge is 0.345 e. The topological polar surface area (TPSA) is 81.7 Å². The highest BCUT2D eigenvalue weighted by atomic mass is 32.1. The van der Waals surface area contributed by atoms with Gasteiger partial charge in [-0.1, -0.05) is 43.4 Å². The van der Waals surface area contributed by atoms with Gasteiger partial charge < -0.3 is 4.42 Å². The molecule has 0 atom stereocenters. The van der Waals surface area contributed by atoms with Crippen LogP contribution in [-0.2, 0) is 6.42 Å². The molecule has 28 heavy (non-hydrogen) atoms. The maximum absolute atomic E-state index is 12.6. The third-order valence-electron chi connectivity index (χ3n) is 5.15. The average Bonchev–Trinajstić information content (AvgIpc) is 3.17. The minimum Gasteiger partial charge on any atom is -0.422 e. The number of aldehydes is 1. The summed E-state index contributed by atoms with van der Waals surface area (Å²) >= 11 is 1.27. The van der Waals surface area contributed by atoms with E-state index in [1.165, 1.54) is 11.3 Å². The number of hydrogen-bond donors (Lipinski definition) is 0. The third kappa shape index (κ3) is 2.39. The SMILES string of the molecule is CC1(C)CC(=O)c2sc3nc(-c4cc5ccccc5oc4=O)c(C=O)n3c2C1. The molecular formula is C21H16N2O4S. The number of ketones is 1. The number of para-hydroxylation sites is 1. The number of imidazole rings is 1. The third-order valence-corrected chi connectivity index (χ3v) is 6.28. The summed E-state index contributed by atoms with van der Waals surface area (Å²) in [7, 11) is 0. The van der Waals surface area contributed by atoms with Gasteiger partial charge >= 0.3 is 5.63 Å². The predicted octanol–water partition coefficient (Wildman–Crippen LogP) is 4.14. The fourth-order valence-corrected chi connectivity index (χ4v) is 5.02. The highest BCUT2D eigenvalue weighted by Gasteiger charge is 2.36. The Kier molecular flexibility index (Phi) is 3.49. The van der Waals surface area contributed by atoms with Crippen LogP contribution in [0, 0.1) is 5.41 Å². The van der Waals surface area contributed by atoms with Crippen molar-refractivity contribution in [1.29, 1.82) is 0 Å². The first-order valence-corrected chi connectivity index (χ1v) is 9.75. The minimum atomic E-state index is -0.544. The van der Waals surface area contributed by atoms with E-state index in [1.54, 1.807) is 22.6 Å². The number of rotatable bonds is 2. The first-order chi connectivity index (χ1) is 13.4. The van der Waals surface area contributed by atoms with Gasteiger partial charge in [-0.2, -0.15) is 0 Å². The van der Waals surface area contributed by atoms with Gasteiger partial charge in [0.05, 0.1) is 10.4 Å². The second-order valence-corrected chi connectivity index (χ2v) is 8.86. The van der Waals surface area contributed by atoms with Gasteiger partial charge in [0.1, 0.15) is 17.0 Å². The van der Waals surface area contributed by atoms with E-state index >= 15 is 0 Å². The molecule has 1 aliphatic carbocycles. The fourth-order valence-electron chi connectivity index (χ4n) is 3.93. The average molecular weight is 392 g/mol. The summed E-state index contributed by atoms with van der Waals surface area (Å²) in [5.74, 6) is 0.0744. The lowest BCUT2D eigenvalue weighted by atomic mass is 9.78. The quantitative estimate of drug-likeness (QED) is 0.378. The van der Waals surface area contributed by atoms with Gasteiger partial charge in [-0.3, -0.25) is 14.0 Å². The molecule has 0 N–H and O–H groups in total. The van der Waals surface area contributed by atoms with E-state index in [-0.39, 0.29) is 22.5 Å². The van der Waals surface area contributed by atoms with E-state index in [9.17, 15) is 14.4 Å². The van der Waals surface area contributed by atoms with Crippen LogP contribution in [0.5, 0.6) is 0 Å². The molecule has 4 aromatic rings. The van der Waals surface area contributed by atoms with E-state index in [1.807, 2.05) is 26.0 Å². The number of benzene rings is 1. The molecule has 0 fully saturated rings. The van der Waals surface area contributed by atoms with E-state index < -0.39 is 5.63 Å². The van der Waals surface area contributed by atoms with Crippen molar-refractivity contribution >= 4 is 39.3 Å². The van der Waals surface area contributed by atoms with Crippen LogP contribution in [0.15, 0.2) is 39.5 Å². The molecule has 0 amide bonds. The number of aromatic nitrogens is 2. The van der Waals surface area contributed by atoms with Crippen LogP contribution < -0.4 is 5.63 Å². The van der Waals surface area contributed by atoms with Crippen LogP contribution in [0.4, 0.5) is 0 Å². The molecule has 1 aromatic carbocycles. The molecule has 0 bridgehead atoms. The van der Waals surface area contributed by atoms with Crippen LogP contribution in [0.25, 0.3) is 27.2 Å². The van der Waals surface area contributed by atoms with E-state index in [0.29, 0.717) is 40.2 Å². The van der Waals surface area contributed by atoms with Crippen LogP contribution in [0.1, 0.15) is 46.1 Å². The number of hydrogen-bond acceptors (Lipinski definition) is 6. The molecular weight excluding hydrogens is 376 g/mol. The van der Waals surface area contributed by atoms with Crippen molar-refractivity contribution in [1.82, 2.24) is 9.38 Å². The van der Waals surface area contributed by atoms with Crippen molar-refractivity contribution in [2.45, 2.75) is 26.7 Å². The van der Waals surface area contributed by atoms with Crippen molar-refractivity contribution in [2.75, 3.05) is 0 Å². The lowest BCUT2D eigenvalue weighted by molar-refractivity contribution is 0.0914. The molecule has 0 aliphatic heterocycles. The van der Waals surface area contributed by atoms with Gasteiger partial charge in [-0.15, -0.1) is 0 Å². The number of fused-ring (bicyclic) bond motifs is 4. The number of thiazole rings is 1. The standard InChI is InChI=1S/C21H16N2O4S/c1-21(2)8-13-18(15(25)9-21)28-20-22-17(14(10-24)23(13)20)12-7-11-5-3-4-6-16(11)27-19(12)26/h3-7,10H,8-9H2,1-2H3. The first-order valence-electron chi connectivity index (χ1n) is 8.94. The second kappa shape index (κ2) is 5.72. The van der Waals surface area contributed by atoms with Gasteiger partial charge in [0.25, 0.3) is 0 Å². The molecule has 1 aliphatic rings. The van der Waals surface area contributed by atoms with Crippen molar-refractivity contribution in [3.05, 3.63) is 57.0 Å². The molecule has 0 radical (unpaired) electrons. The summed E-state index contributed by atoms with van der Waals surface area (Å²) < 4.78 is 7.14. The number of nitrogens with zero attached hydrogens (tertiary/aromatic N) is 2. The Balaban J connectivity index is 1.80. The molecule has 3 heterocycles. The number of carbonyl (C=O) groups excluding carboxylic acids is 2. The van der Waals surface area contributed by atoms with Crippen molar-refractivity contribution in [2.24, 2.45) is 5.41 Å². The fraction of sp³-hybridized carbons (Fsp3) is 0.238. The number of Topliss-reactive ketones (excluding diaryl/α,β-unsaturated/α-hetero) is 1. The van der Waals surface area contributed by atoms with Crippen LogP contribution in [0.3, 0.4) is 0 Å². The van der Waals surface area contributed by atoms with Gasteiger partial charge in [-0.05, 0) is 24.0 Å². The zero-order valence-corrected chi connectivity index (χ0v) is 16.1. The van der Waals surface area contributed by atoms with Crippen molar-refractivity contribution in [3.63, 3.8) is 0 Å². The van der Waals surface area contributed by atoms with E-state index in [4.69, 9.17) is 4.42 Å². The largest absolute Gasteiger partial charge is 0.422 e. The van der Waals surface area contributed by atoms with Gasteiger partial charge in [0, 0.05) is 17.5 Å². The highest BCUT2D eigenvalue weighted by Crippen LogP contribution is 2.40. The Labute approximate surface area is 163 Å². The molecule has 7 heteroatoms. The first kappa shape index (κ1) is 17.1. The second-order valence-electron chi connectivity index (χ2n) is 7.89. The van der Waals surface area contributed by atoms with Crippen LogP contribution >= 0.6 is 11.3 Å². The van der Waals surface area contributed by atoms with Gasteiger partial charge in [0.2, 0.25) is 0 Å². The molecule has 5 rings (SSSR count).